The van der Waals surface area contributed by atoms with E-state index in [9.17, 15) is 0 Å². The third-order valence-corrected chi connectivity index (χ3v) is 1.95. The first-order valence-electron chi connectivity index (χ1n) is 4.76. The number of anilines is 1. The minimum Gasteiger partial charge on any atom is -0.439 e. The van der Waals surface area contributed by atoms with Crippen molar-refractivity contribution in [2.75, 3.05) is 12.4 Å². The highest BCUT2D eigenvalue weighted by molar-refractivity contribution is 5.37. The van der Waals surface area contributed by atoms with Gasteiger partial charge in [0, 0.05) is 13.1 Å². The summed E-state index contributed by atoms with van der Waals surface area (Å²) in [5, 5.41) is 2.96. The molecule has 0 spiro atoms. The van der Waals surface area contributed by atoms with Crippen LogP contribution in [0, 0.1) is 0 Å². The molecule has 76 valence electrons. The molecule has 0 aliphatic carbocycles. The molecule has 2 aromatic rings. The number of nitrogens with one attached hydrogen (secondary N) is 1. The SMILES string of the molecule is CNc1cccc(Oc2ccccc2)n1. The molecule has 0 fully saturated rings. The highest BCUT2D eigenvalue weighted by Crippen LogP contribution is 2.19. The lowest BCUT2D eigenvalue weighted by Crippen LogP contribution is -1.93. The molecule has 3 nitrogen and oxygen atoms in total. The summed E-state index contributed by atoms with van der Waals surface area (Å²) >= 11 is 0. The summed E-state index contributed by atoms with van der Waals surface area (Å²) in [4.78, 5) is 4.25. The van der Waals surface area contributed by atoms with Crippen LogP contribution in [-0.2, 0) is 0 Å². The summed E-state index contributed by atoms with van der Waals surface area (Å²) in [5.74, 6) is 2.18. The third-order valence-electron chi connectivity index (χ3n) is 1.95. The van der Waals surface area contributed by atoms with Gasteiger partial charge >= 0.3 is 0 Å². The summed E-state index contributed by atoms with van der Waals surface area (Å²) in [6.45, 7) is 0. The van der Waals surface area contributed by atoms with Crippen molar-refractivity contribution in [2.45, 2.75) is 0 Å². The van der Waals surface area contributed by atoms with Crippen LogP contribution in [0.3, 0.4) is 0 Å². The van der Waals surface area contributed by atoms with Crippen molar-refractivity contribution < 1.29 is 4.74 Å². The maximum atomic E-state index is 5.57. The maximum absolute atomic E-state index is 5.57. The number of aromatic nitrogens is 1. The molecular weight excluding hydrogens is 188 g/mol. The molecule has 0 atom stereocenters. The second-order valence-electron chi connectivity index (χ2n) is 3.03. The Hall–Kier alpha value is -2.03. The van der Waals surface area contributed by atoms with Crippen molar-refractivity contribution in [3.05, 3.63) is 48.5 Å². The molecule has 1 aromatic carbocycles. The Morgan fingerprint density at radius 1 is 1.00 bits per heavy atom. The van der Waals surface area contributed by atoms with Crippen LogP contribution in [0.5, 0.6) is 11.6 Å². The average Bonchev–Trinajstić information content (AvgIpc) is 2.31. The van der Waals surface area contributed by atoms with Gasteiger partial charge < -0.3 is 10.1 Å². The summed E-state index contributed by atoms with van der Waals surface area (Å²) in [6, 6.07) is 15.2. The van der Waals surface area contributed by atoms with E-state index >= 15 is 0 Å². The highest BCUT2D eigenvalue weighted by Gasteiger charge is 1.98. The second-order valence-corrected chi connectivity index (χ2v) is 3.03. The van der Waals surface area contributed by atoms with E-state index in [0.717, 1.165) is 11.6 Å². The molecule has 0 aliphatic heterocycles. The molecule has 1 aromatic heterocycles. The van der Waals surface area contributed by atoms with E-state index in [-0.39, 0.29) is 0 Å². The summed E-state index contributed by atoms with van der Waals surface area (Å²) < 4.78 is 5.57. The number of ether oxygens (including phenoxy) is 1. The fourth-order valence-corrected chi connectivity index (χ4v) is 1.22. The van der Waals surface area contributed by atoms with Gasteiger partial charge in [-0.25, -0.2) is 0 Å². The Bertz CT molecular complexity index is 429. The van der Waals surface area contributed by atoms with Crippen molar-refractivity contribution in [3.63, 3.8) is 0 Å². The Balaban J connectivity index is 2.17. The maximum Gasteiger partial charge on any atom is 0.221 e. The molecular formula is C12H12N2O. The quantitative estimate of drug-likeness (QED) is 0.827. The molecule has 1 heterocycles. The van der Waals surface area contributed by atoms with E-state index in [1.165, 1.54) is 0 Å². The van der Waals surface area contributed by atoms with Gasteiger partial charge in [0.15, 0.2) is 0 Å². The number of nitrogens with zero attached hydrogens (tertiary/aromatic N) is 1. The predicted molar refractivity (Wildman–Crippen MR) is 60.3 cm³/mol. The predicted octanol–water partition coefficient (Wildman–Crippen LogP) is 2.92. The zero-order valence-electron chi connectivity index (χ0n) is 8.47. The van der Waals surface area contributed by atoms with Crippen LogP contribution in [0.25, 0.3) is 0 Å². The third kappa shape index (κ3) is 2.47. The fraction of sp³-hybridized carbons (Fsp3) is 0.0833. The van der Waals surface area contributed by atoms with Crippen LogP contribution in [0.1, 0.15) is 0 Å². The molecule has 3 heteroatoms. The van der Waals surface area contributed by atoms with Gasteiger partial charge in [-0.1, -0.05) is 24.3 Å². The molecule has 0 saturated heterocycles. The van der Waals surface area contributed by atoms with Crippen molar-refractivity contribution in [1.29, 1.82) is 0 Å². The Morgan fingerprint density at radius 3 is 2.53 bits per heavy atom. The molecule has 0 bridgehead atoms. The minimum absolute atomic E-state index is 0.591. The molecule has 0 unspecified atom stereocenters. The average molecular weight is 200 g/mol. The van der Waals surface area contributed by atoms with E-state index in [0.29, 0.717) is 5.88 Å². The van der Waals surface area contributed by atoms with E-state index in [4.69, 9.17) is 4.74 Å². The van der Waals surface area contributed by atoms with Crippen molar-refractivity contribution in [2.24, 2.45) is 0 Å². The normalized spacial score (nSPS) is 9.67. The Labute approximate surface area is 88.7 Å². The zero-order chi connectivity index (χ0) is 10.5. The lowest BCUT2D eigenvalue weighted by molar-refractivity contribution is 0.464. The van der Waals surface area contributed by atoms with Gasteiger partial charge in [-0.15, -0.1) is 0 Å². The van der Waals surface area contributed by atoms with Crippen molar-refractivity contribution >= 4 is 5.82 Å². The molecule has 1 N–H and O–H groups in total. The van der Waals surface area contributed by atoms with Crippen LogP contribution in [-0.4, -0.2) is 12.0 Å². The summed E-state index contributed by atoms with van der Waals surface area (Å²) in [5.41, 5.74) is 0. The van der Waals surface area contributed by atoms with Gasteiger partial charge in [-0.05, 0) is 18.2 Å². The monoisotopic (exact) mass is 200 g/mol. The molecule has 2 rings (SSSR count). The van der Waals surface area contributed by atoms with Crippen LogP contribution in [0.15, 0.2) is 48.5 Å². The van der Waals surface area contributed by atoms with Crippen LogP contribution < -0.4 is 10.1 Å². The Morgan fingerprint density at radius 2 is 1.80 bits per heavy atom. The fourth-order valence-electron chi connectivity index (χ4n) is 1.22. The first-order valence-corrected chi connectivity index (χ1v) is 4.76. The largest absolute Gasteiger partial charge is 0.439 e. The first kappa shape index (κ1) is 9.52. The topological polar surface area (TPSA) is 34.1 Å². The Kier molecular flexibility index (Phi) is 2.83. The summed E-state index contributed by atoms with van der Waals surface area (Å²) in [7, 11) is 1.83. The number of hydrogen-bond donors (Lipinski definition) is 1. The van der Waals surface area contributed by atoms with E-state index in [1.807, 2.05) is 55.6 Å². The van der Waals surface area contributed by atoms with Gasteiger partial charge in [0.25, 0.3) is 0 Å². The molecule has 0 aliphatic rings. The van der Waals surface area contributed by atoms with Crippen molar-refractivity contribution in [1.82, 2.24) is 4.98 Å². The summed E-state index contributed by atoms with van der Waals surface area (Å²) in [6.07, 6.45) is 0. The van der Waals surface area contributed by atoms with E-state index in [2.05, 4.69) is 10.3 Å². The molecule has 0 radical (unpaired) electrons. The minimum atomic E-state index is 0.591. The highest BCUT2D eigenvalue weighted by atomic mass is 16.5. The van der Waals surface area contributed by atoms with Gasteiger partial charge in [-0.3, -0.25) is 0 Å². The van der Waals surface area contributed by atoms with Crippen molar-refractivity contribution in [3.8, 4) is 11.6 Å². The first-order chi connectivity index (χ1) is 7.38. The standard InChI is InChI=1S/C12H12N2O/c1-13-11-8-5-9-12(14-11)15-10-6-3-2-4-7-10/h2-9H,1H3,(H,13,14). The van der Waals surface area contributed by atoms with E-state index in [1.54, 1.807) is 0 Å². The van der Waals surface area contributed by atoms with Gasteiger partial charge in [0.2, 0.25) is 5.88 Å². The second kappa shape index (κ2) is 4.46. The number of benzene rings is 1. The van der Waals surface area contributed by atoms with Gasteiger partial charge in [-0.2, -0.15) is 4.98 Å². The number of pyridine rings is 1. The molecule has 0 saturated carbocycles. The lowest BCUT2D eigenvalue weighted by atomic mass is 10.3. The van der Waals surface area contributed by atoms with Gasteiger partial charge in [0.1, 0.15) is 11.6 Å². The van der Waals surface area contributed by atoms with Crippen LogP contribution in [0.4, 0.5) is 5.82 Å². The molecule has 15 heavy (non-hydrogen) atoms. The van der Waals surface area contributed by atoms with Gasteiger partial charge in [0.05, 0.1) is 0 Å². The number of hydrogen-bond acceptors (Lipinski definition) is 3. The number of rotatable bonds is 3. The molecule has 0 amide bonds. The van der Waals surface area contributed by atoms with Crippen LogP contribution in [0.2, 0.25) is 0 Å². The lowest BCUT2D eigenvalue weighted by Gasteiger charge is -2.05. The number of para-hydroxylation sites is 1. The zero-order valence-corrected chi connectivity index (χ0v) is 8.47. The smallest absolute Gasteiger partial charge is 0.221 e. The van der Waals surface area contributed by atoms with Crippen LogP contribution >= 0.6 is 0 Å². The van der Waals surface area contributed by atoms with E-state index < -0.39 is 0 Å².